The first kappa shape index (κ1) is 13.5. The van der Waals surface area contributed by atoms with Gasteiger partial charge in [0.1, 0.15) is 11.5 Å². The second-order valence-corrected chi connectivity index (χ2v) is 5.17. The first-order chi connectivity index (χ1) is 11.3. The molecule has 2 heterocycles. The van der Waals surface area contributed by atoms with Crippen molar-refractivity contribution in [3.05, 3.63) is 78.7 Å². The molecule has 0 saturated heterocycles. The Balaban J connectivity index is 1.81. The van der Waals surface area contributed by atoms with Gasteiger partial charge >= 0.3 is 0 Å². The Kier molecular flexibility index (Phi) is 3.27. The summed E-state index contributed by atoms with van der Waals surface area (Å²) in [4.78, 5) is 13.5. The van der Waals surface area contributed by atoms with Gasteiger partial charge < -0.3 is 0 Å². The molecule has 4 rings (SSSR count). The lowest BCUT2D eigenvalue weighted by Gasteiger charge is -2.05. The molecule has 110 valence electrons. The van der Waals surface area contributed by atoms with Gasteiger partial charge in [0.25, 0.3) is 0 Å². The second-order valence-electron chi connectivity index (χ2n) is 5.17. The summed E-state index contributed by atoms with van der Waals surface area (Å²) in [5, 5.41) is 0.984. The van der Waals surface area contributed by atoms with Crippen molar-refractivity contribution in [2.24, 2.45) is 0 Å². The Morgan fingerprint density at radius 2 is 1.57 bits per heavy atom. The number of aromatic nitrogens is 3. The SMILES string of the molecule is Fc1cccc(-c2cccc(-c3ncc4ccccc4n3)n2)c1. The van der Waals surface area contributed by atoms with Crippen LogP contribution >= 0.6 is 0 Å². The van der Waals surface area contributed by atoms with Crippen molar-refractivity contribution in [2.45, 2.75) is 0 Å². The third-order valence-corrected chi connectivity index (χ3v) is 3.59. The minimum Gasteiger partial charge on any atom is -0.244 e. The summed E-state index contributed by atoms with van der Waals surface area (Å²) in [6.07, 6.45) is 1.79. The van der Waals surface area contributed by atoms with Crippen molar-refractivity contribution in [3.63, 3.8) is 0 Å². The van der Waals surface area contributed by atoms with E-state index in [4.69, 9.17) is 0 Å². The van der Waals surface area contributed by atoms with E-state index < -0.39 is 0 Å². The Morgan fingerprint density at radius 3 is 2.48 bits per heavy atom. The van der Waals surface area contributed by atoms with Crippen LogP contribution in [0.25, 0.3) is 33.7 Å². The molecule has 23 heavy (non-hydrogen) atoms. The average molecular weight is 301 g/mol. The maximum absolute atomic E-state index is 13.4. The maximum Gasteiger partial charge on any atom is 0.178 e. The quantitative estimate of drug-likeness (QED) is 0.547. The molecule has 0 aliphatic rings. The third-order valence-electron chi connectivity index (χ3n) is 3.59. The standard InChI is InChI=1S/C19H12FN3/c20-15-7-3-6-13(11-15)16-9-4-10-18(22-16)19-21-12-14-5-1-2-8-17(14)23-19/h1-12H. The summed E-state index contributed by atoms with van der Waals surface area (Å²) in [5.41, 5.74) is 2.96. The van der Waals surface area contributed by atoms with Crippen molar-refractivity contribution in [3.8, 4) is 22.8 Å². The lowest BCUT2D eigenvalue weighted by Crippen LogP contribution is -1.94. The molecule has 0 fully saturated rings. The molecule has 4 aromatic rings. The van der Waals surface area contributed by atoms with Gasteiger partial charge in [-0.05, 0) is 30.3 Å². The smallest absolute Gasteiger partial charge is 0.178 e. The number of hydrogen-bond donors (Lipinski definition) is 0. The van der Waals surface area contributed by atoms with Crippen molar-refractivity contribution in [1.29, 1.82) is 0 Å². The molecule has 0 N–H and O–H groups in total. The fourth-order valence-electron chi connectivity index (χ4n) is 2.46. The highest BCUT2D eigenvalue weighted by atomic mass is 19.1. The Bertz CT molecular complexity index is 998. The Morgan fingerprint density at radius 1 is 0.739 bits per heavy atom. The van der Waals surface area contributed by atoms with Gasteiger partial charge in [-0.15, -0.1) is 0 Å². The Hall–Kier alpha value is -3.14. The molecule has 0 saturated carbocycles. The number of halogens is 1. The van der Waals surface area contributed by atoms with Crippen molar-refractivity contribution >= 4 is 10.9 Å². The van der Waals surface area contributed by atoms with Crippen LogP contribution in [0.1, 0.15) is 0 Å². The van der Waals surface area contributed by atoms with Gasteiger partial charge in [-0.1, -0.05) is 36.4 Å². The minimum absolute atomic E-state index is 0.281. The van der Waals surface area contributed by atoms with E-state index in [1.54, 1.807) is 12.3 Å². The highest BCUT2D eigenvalue weighted by Crippen LogP contribution is 2.22. The van der Waals surface area contributed by atoms with E-state index in [0.29, 0.717) is 17.2 Å². The predicted molar refractivity (Wildman–Crippen MR) is 88.2 cm³/mol. The van der Waals surface area contributed by atoms with Crippen LogP contribution in [0.3, 0.4) is 0 Å². The molecule has 0 amide bonds. The number of benzene rings is 2. The molecule has 4 heteroatoms. The number of hydrogen-bond acceptors (Lipinski definition) is 3. The molecule has 0 spiro atoms. The van der Waals surface area contributed by atoms with Crippen LogP contribution in [0.4, 0.5) is 4.39 Å². The van der Waals surface area contributed by atoms with E-state index in [-0.39, 0.29) is 5.82 Å². The van der Waals surface area contributed by atoms with Crippen LogP contribution in [0.2, 0.25) is 0 Å². The molecule has 2 aromatic carbocycles. The molecule has 2 aromatic heterocycles. The normalized spacial score (nSPS) is 10.8. The minimum atomic E-state index is -0.281. The molecule has 0 radical (unpaired) electrons. The summed E-state index contributed by atoms with van der Waals surface area (Å²) in [7, 11) is 0. The Labute approximate surface area is 132 Å². The van der Waals surface area contributed by atoms with Gasteiger partial charge in [-0.3, -0.25) is 0 Å². The number of rotatable bonds is 2. The van der Waals surface area contributed by atoms with Gasteiger partial charge in [-0.2, -0.15) is 0 Å². The molecular formula is C19H12FN3. The van der Waals surface area contributed by atoms with Crippen LogP contribution in [-0.2, 0) is 0 Å². The zero-order chi connectivity index (χ0) is 15.6. The third kappa shape index (κ3) is 2.66. The van der Waals surface area contributed by atoms with Crippen molar-refractivity contribution in [2.75, 3.05) is 0 Å². The predicted octanol–water partition coefficient (Wildman–Crippen LogP) is 4.50. The summed E-state index contributed by atoms with van der Waals surface area (Å²) in [6, 6.07) is 19.8. The van der Waals surface area contributed by atoms with Crippen LogP contribution < -0.4 is 0 Å². The molecule has 0 bridgehead atoms. The maximum atomic E-state index is 13.4. The molecule has 0 atom stereocenters. The van der Waals surface area contributed by atoms with Gasteiger partial charge in [-0.25, -0.2) is 19.3 Å². The first-order valence-electron chi connectivity index (χ1n) is 7.25. The van der Waals surface area contributed by atoms with Crippen LogP contribution in [-0.4, -0.2) is 15.0 Å². The van der Waals surface area contributed by atoms with E-state index in [2.05, 4.69) is 15.0 Å². The van der Waals surface area contributed by atoms with Crippen LogP contribution in [0.5, 0.6) is 0 Å². The number of pyridine rings is 1. The van der Waals surface area contributed by atoms with E-state index in [1.807, 2.05) is 48.5 Å². The van der Waals surface area contributed by atoms with Gasteiger partial charge in [0.2, 0.25) is 0 Å². The number of para-hydroxylation sites is 1. The summed E-state index contributed by atoms with van der Waals surface area (Å²) < 4.78 is 13.4. The zero-order valence-electron chi connectivity index (χ0n) is 12.1. The summed E-state index contributed by atoms with van der Waals surface area (Å²) in [6.45, 7) is 0. The number of nitrogens with zero attached hydrogens (tertiary/aromatic N) is 3. The van der Waals surface area contributed by atoms with Gasteiger partial charge in [0.15, 0.2) is 5.82 Å². The highest BCUT2D eigenvalue weighted by molar-refractivity contribution is 5.79. The largest absolute Gasteiger partial charge is 0.244 e. The van der Waals surface area contributed by atoms with Crippen LogP contribution in [0.15, 0.2) is 72.9 Å². The highest BCUT2D eigenvalue weighted by Gasteiger charge is 2.07. The lowest BCUT2D eigenvalue weighted by atomic mass is 10.1. The van der Waals surface area contributed by atoms with E-state index in [9.17, 15) is 4.39 Å². The fraction of sp³-hybridized carbons (Fsp3) is 0. The van der Waals surface area contributed by atoms with Crippen molar-refractivity contribution in [1.82, 2.24) is 15.0 Å². The molecule has 0 aliphatic carbocycles. The zero-order valence-corrected chi connectivity index (χ0v) is 12.1. The summed E-state index contributed by atoms with van der Waals surface area (Å²) in [5.74, 6) is 0.276. The second kappa shape index (κ2) is 5.57. The first-order valence-corrected chi connectivity index (χ1v) is 7.25. The van der Waals surface area contributed by atoms with Crippen molar-refractivity contribution < 1.29 is 4.39 Å². The molecule has 0 unspecified atom stereocenters. The number of fused-ring (bicyclic) bond motifs is 1. The summed E-state index contributed by atoms with van der Waals surface area (Å²) >= 11 is 0. The van der Waals surface area contributed by atoms with E-state index in [1.165, 1.54) is 12.1 Å². The monoisotopic (exact) mass is 301 g/mol. The molecular weight excluding hydrogens is 289 g/mol. The lowest BCUT2D eigenvalue weighted by molar-refractivity contribution is 0.628. The van der Waals surface area contributed by atoms with Crippen LogP contribution in [0, 0.1) is 5.82 Å². The topological polar surface area (TPSA) is 38.7 Å². The molecule has 3 nitrogen and oxygen atoms in total. The van der Waals surface area contributed by atoms with Gasteiger partial charge in [0, 0.05) is 17.1 Å². The molecule has 0 aliphatic heterocycles. The average Bonchev–Trinajstić information content (AvgIpc) is 2.61. The van der Waals surface area contributed by atoms with E-state index in [0.717, 1.165) is 16.5 Å². The van der Waals surface area contributed by atoms with E-state index >= 15 is 0 Å². The van der Waals surface area contributed by atoms with Gasteiger partial charge in [0.05, 0.1) is 11.2 Å². The fourth-order valence-corrected chi connectivity index (χ4v) is 2.46.